The Morgan fingerprint density at radius 2 is 1.37 bits per heavy atom. The number of benzene rings is 3. The Morgan fingerprint density at radius 3 is 2.11 bits per heavy atom. The van der Waals surface area contributed by atoms with Crippen LogP contribution in [0.25, 0.3) is 10.8 Å². The zero-order valence-electron chi connectivity index (χ0n) is 10.8. The van der Waals surface area contributed by atoms with Crippen LogP contribution in [0.1, 0.15) is 24.0 Å². The number of halogens is 1. The minimum atomic E-state index is 0.377. The van der Waals surface area contributed by atoms with Gasteiger partial charge >= 0.3 is 0 Å². The Labute approximate surface area is 118 Å². The van der Waals surface area contributed by atoms with Gasteiger partial charge in [-0.15, -0.1) is 0 Å². The van der Waals surface area contributed by atoms with Crippen LogP contribution in [-0.4, -0.2) is 0 Å². The van der Waals surface area contributed by atoms with Gasteiger partial charge in [-0.2, -0.15) is 0 Å². The smallest absolute Gasteiger partial charge is 0.0406 e. The van der Waals surface area contributed by atoms with Crippen molar-refractivity contribution in [1.82, 2.24) is 0 Å². The van der Waals surface area contributed by atoms with Crippen LogP contribution in [0.15, 0.2) is 66.7 Å². The monoisotopic (exact) mass is 266 g/mol. The molecule has 19 heavy (non-hydrogen) atoms. The quantitative estimate of drug-likeness (QED) is 0.563. The molecule has 0 saturated heterocycles. The van der Waals surface area contributed by atoms with Crippen LogP contribution in [-0.2, 0) is 0 Å². The van der Waals surface area contributed by atoms with Crippen molar-refractivity contribution in [3.8, 4) is 0 Å². The first-order chi connectivity index (χ1) is 9.24. The molecule has 1 heteroatoms. The lowest BCUT2D eigenvalue weighted by atomic mass is 9.92. The molecule has 3 rings (SSSR count). The van der Waals surface area contributed by atoms with Crippen LogP contribution in [0.5, 0.6) is 0 Å². The van der Waals surface area contributed by atoms with Crippen LogP contribution in [0.2, 0.25) is 5.02 Å². The van der Waals surface area contributed by atoms with Gasteiger partial charge in [-0.3, -0.25) is 0 Å². The average Bonchev–Trinajstić information content (AvgIpc) is 2.47. The van der Waals surface area contributed by atoms with Gasteiger partial charge in [-0.25, -0.2) is 0 Å². The van der Waals surface area contributed by atoms with Crippen molar-refractivity contribution in [2.75, 3.05) is 0 Å². The van der Waals surface area contributed by atoms with Crippen molar-refractivity contribution in [1.29, 1.82) is 0 Å². The predicted octanol–water partition coefficient (Wildman–Crippen LogP) is 5.65. The summed E-state index contributed by atoms with van der Waals surface area (Å²) in [5.74, 6) is 0.377. The number of hydrogen-bond donors (Lipinski definition) is 0. The van der Waals surface area contributed by atoms with E-state index in [0.29, 0.717) is 5.92 Å². The maximum Gasteiger partial charge on any atom is 0.0406 e. The molecule has 1 atom stereocenters. The lowest BCUT2D eigenvalue weighted by Crippen LogP contribution is -1.95. The first-order valence-corrected chi connectivity index (χ1v) is 6.86. The summed E-state index contributed by atoms with van der Waals surface area (Å²) in [7, 11) is 0. The van der Waals surface area contributed by atoms with E-state index in [1.165, 1.54) is 21.9 Å². The summed E-state index contributed by atoms with van der Waals surface area (Å²) in [6.07, 6.45) is 0. The van der Waals surface area contributed by atoms with Gasteiger partial charge in [0.2, 0.25) is 0 Å². The molecule has 3 aromatic carbocycles. The molecule has 0 spiro atoms. The van der Waals surface area contributed by atoms with Crippen molar-refractivity contribution >= 4 is 22.4 Å². The van der Waals surface area contributed by atoms with E-state index in [1.54, 1.807) is 0 Å². The summed E-state index contributed by atoms with van der Waals surface area (Å²) >= 11 is 5.94. The second kappa shape index (κ2) is 5.07. The lowest BCUT2D eigenvalue weighted by molar-refractivity contribution is 0.925. The van der Waals surface area contributed by atoms with E-state index in [-0.39, 0.29) is 0 Å². The van der Waals surface area contributed by atoms with E-state index in [4.69, 9.17) is 11.6 Å². The molecule has 1 unspecified atom stereocenters. The fourth-order valence-corrected chi connectivity index (χ4v) is 2.55. The Hall–Kier alpha value is -1.79. The van der Waals surface area contributed by atoms with Gasteiger partial charge in [0, 0.05) is 10.9 Å². The van der Waals surface area contributed by atoms with Gasteiger partial charge in [0.1, 0.15) is 0 Å². The highest BCUT2D eigenvalue weighted by Crippen LogP contribution is 2.27. The molecular weight excluding hydrogens is 252 g/mol. The third-order valence-electron chi connectivity index (χ3n) is 3.64. The summed E-state index contributed by atoms with van der Waals surface area (Å²) in [5, 5.41) is 3.37. The lowest BCUT2D eigenvalue weighted by Gasteiger charge is -2.13. The molecule has 0 aliphatic carbocycles. The van der Waals surface area contributed by atoms with Gasteiger partial charge in [0.05, 0.1) is 0 Å². The highest BCUT2D eigenvalue weighted by atomic mass is 35.5. The molecule has 0 heterocycles. The van der Waals surface area contributed by atoms with E-state index < -0.39 is 0 Å². The molecule has 0 aliphatic heterocycles. The summed E-state index contributed by atoms with van der Waals surface area (Å²) in [5.41, 5.74) is 2.63. The van der Waals surface area contributed by atoms with Gasteiger partial charge in [-0.05, 0) is 34.0 Å². The molecule has 0 N–H and O–H groups in total. The molecule has 0 amide bonds. The van der Waals surface area contributed by atoms with Crippen molar-refractivity contribution in [2.45, 2.75) is 12.8 Å². The first kappa shape index (κ1) is 12.3. The molecule has 0 aromatic heterocycles. The standard InChI is InChI=1S/C18H15Cl/c1-13(14-8-10-18(19)11-9-14)16-7-6-15-4-2-3-5-17(15)12-16/h2-13H,1H3. The van der Waals surface area contributed by atoms with Crippen molar-refractivity contribution < 1.29 is 0 Å². The zero-order chi connectivity index (χ0) is 13.2. The van der Waals surface area contributed by atoms with Crippen LogP contribution >= 0.6 is 11.6 Å². The summed E-state index contributed by atoms with van der Waals surface area (Å²) in [6.45, 7) is 2.23. The van der Waals surface area contributed by atoms with Gasteiger partial charge in [0.15, 0.2) is 0 Å². The Morgan fingerprint density at radius 1 is 0.737 bits per heavy atom. The second-order valence-electron chi connectivity index (χ2n) is 4.88. The zero-order valence-corrected chi connectivity index (χ0v) is 11.6. The Kier molecular flexibility index (Phi) is 3.27. The third kappa shape index (κ3) is 2.50. The normalized spacial score (nSPS) is 12.5. The summed E-state index contributed by atoms with van der Waals surface area (Å²) < 4.78 is 0. The van der Waals surface area contributed by atoms with Crippen molar-refractivity contribution in [3.05, 3.63) is 82.9 Å². The molecule has 0 aliphatic rings. The molecule has 94 valence electrons. The van der Waals surface area contributed by atoms with Crippen LogP contribution in [0.3, 0.4) is 0 Å². The maximum atomic E-state index is 5.94. The van der Waals surface area contributed by atoms with E-state index in [0.717, 1.165) is 5.02 Å². The molecule has 0 saturated carbocycles. The first-order valence-electron chi connectivity index (χ1n) is 6.48. The minimum absolute atomic E-state index is 0.377. The fraction of sp³-hybridized carbons (Fsp3) is 0.111. The number of rotatable bonds is 2. The van der Waals surface area contributed by atoms with Gasteiger partial charge < -0.3 is 0 Å². The number of hydrogen-bond acceptors (Lipinski definition) is 0. The summed E-state index contributed by atoms with van der Waals surface area (Å²) in [4.78, 5) is 0. The third-order valence-corrected chi connectivity index (χ3v) is 3.90. The topological polar surface area (TPSA) is 0 Å². The highest BCUT2D eigenvalue weighted by Gasteiger charge is 2.08. The Balaban J connectivity index is 2.01. The van der Waals surface area contributed by atoms with E-state index in [2.05, 4.69) is 61.5 Å². The van der Waals surface area contributed by atoms with E-state index in [9.17, 15) is 0 Å². The van der Waals surface area contributed by atoms with Crippen molar-refractivity contribution in [3.63, 3.8) is 0 Å². The molecular formula is C18H15Cl. The molecule has 3 aromatic rings. The second-order valence-corrected chi connectivity index (χ2v) is 5.32. The van der Waals surface area contributed by atoms with Crippen molar-refractivity contribution in [2.24, 2.45) is 0 Å². The van der Waals surface area contributed by atoms with Gasteiger partial charge in [-0.1, -0.05) is 73.1 Å². The minimum Gasteiger partial charge on any atom is -0.0843 e. The average molecular weight is 267 g/mol. The van der Waals surface area contributed by atoms with Crippen LogP contribution in [0, 0.1) is 0 Å². The highest BCUT2D eigenvalue weighted by molar-refractivity contribution is 6.30. The molecule has 0 nitrogen and oxygen atoms in total. The Bertz CT molecular complexity index is 698. The van der Waals surface area contributed by atoms with Gasteiger partial charge in [0.25, 0.3) is 0 Å². The number of fused-ring (bicyclic) bond motifs is 1. The summed E-state index contributed by atoms with van der Waals surface area (Å²) in [6, 6.07) is 23.2. The maximum absolute atomic E-state index is 5.94. The molecule has 0 fully saturated rings. The van der Waals surface area contributed by atoms with Crippen LogP contribution in [0.4, 0.5) is 0 Å². The SMILES string of the molecule is CC(c1ccc(Cl)cc1)c1ccc2ccccc2c1. The molecule has 0 bridgehead atoms. The molecule has 0 radical (unpaired) electrons. The predicted molar refractivity (Wildman–Crippen MR) is 82.9 cm³/mol. The van der Waals surface area contributed by atoms with E-state index in [1.807, 2.05) is 12.1 Å². The fourth-order valence-electron chi connectivity index (χ4n) is 2.42. The van der Waals surface area contributed by atoms with E-state index >= 15 is 0 Å². The largest absolute Gasteiger partial charge is 0.0843 e. The van der Waals surface area contributed by atoms with Crippen LogP contribution < -0.4 is 0 Å².